The first-order valence-corrected chi connectivity index (χ1v) is 8.16. The standard InChI is InChI=1S/C16H25BrN2O/c1-11(2)19-10-13(17)8-14(19)15(20)18-7-6-12(9-18)16(3,4)5/h8,10-12H,6-7,9H2,1-5H3. The van der Waals surface area contributed by atoms with Gasteiger partial charge in [0.25, 0.3) is 5.91 Å². The quantitative estimate of drug-likeness (QED) is 0.786. The average molecular weight is 341 g/mol. The van der Waals surface area contributed by atoms with E-state index in [2.05, 4.69) is 55.1 Å². The van der Waals surface area contributed by atoms with E-state index in [4.69, 9.17) is 0 Å². The Kier molecular flexibility index (Phi) is 4.33. The minimum Gasteiger partial charge on any atom is -0.340 e. The Morgan fingerprint density at radius 2 is 2.05 bits per heavy atom. The molecule has 112 valence electrons. The molecule has 1 saturated heterocycles. The third-order valence-electron chi connectivity index (χ3n) is 4.29. The third-order valence-corrected chi connectivity index (χ3v) is 4.72. The summed E-state index contributed by atoms with van der Waals surface area (Å²) in [5.74, 6) is 0.758. The lowest BCUT2D eigenvalue weighted by molar-refractivity contribution is 0.0764. The second-order valence-electron chi connectivity index (χ2n) is 7.15. The normalized spacial score (nSPS) is 19.9. The summed E-state index contributed by atoms with van der Waals surface area (Å²) in [6.45, 7) is 12.7. The number of carbonyl (C=O) groups excluding carboxylic acids is 1. The smallest absolute Gasteiger partial charge is 0.270 e. The van der Waals surface area contributed by atoms with Gasteiger partial charge >= 0.3 is 0 Å². The Morgan fingerprint density at radius 3 is 2.55 bits per heavy atom. The van der Waals surface area contributed by atoms with Crippen molar-refractivity contribution in [2.24, 2.45) is 11.3 Å². The SMILES string of the molecule is CC(C)n1cc(Br)cc1C(=O)N1CCC(C(C)(C)C)C1. The van der Waals surface area contributed by atoms with Gasteiger partial charge in [-0.2, -0.15) is 0 Å². The number of hydrogen-bond donors (Lipinski definition) is 0. The van der Waals surface area contributed by atoms with Crippen molar-refractivity contribution in [2.75, 3.05) is 13.1 Å². The van der Waals surface area contributed by atoms with Gasteiger partial charge in [-0.1, -0.05) is 20.8 Å². The van der Waals surface area contributed by atoms with Crippen molar-refractivity contribution >= 4 is 21.8 Å². The highest BCUT2D eigenvalue weighted by Crippen LogP contribution is 2.34. The van der Waals surface area contributed by atoms with Crippen molar-refractivity contribution in [3.63, 3.8) is 0 Å². The average Bonchev–Trinajstić information content (AvgIpc) is 2.93. The van der Waals surface area contributed by atoms with E-state index in [0.717, 1.165) is 29.7 Å². The molecule has 0 radical (unpaired) electrons. The number of aromatic nitrogens is 1. The van der Waals surface area contributed by atoms with Crippen LogP contribution in [0.5, 0.6) is 0 Å². The molecule has 1 amide bonds. The predicted octanol–water partition coefficient (Wildman–Crippen LogP) is 4.34. The molecule has 0 bridgehead atoms. The number of rotatable bonds is 2. The number of halogens is 1. The van der Waals surface area contributed by atoms with Gasteiger partial charge in [-0.15, -0.1) is 0 Å². The Hall–Kier alpha value is -0.770. The largest absolute Gasteiger partial charge is 0.340 e. The van der Waals surface area contributed by atoms with Crippen molar-refractivity contribution in [3.05, 3.63) is 22.4 Å². The summed E-state index contributed by atoms with van der Waals surface area (Å²) in [7, 11) is 0. The molecule has 20 heavy (non-hydrogen) atoms. The minimum atomic E-state index is 0.163. The lowest BCUT2D eigenvalue weighted by Crippen LogP contribution is -2.32. The van der Waals surface area contributed by atoms with Gasteiger partial charge in [0.2, 0.25) is 0 Å². The predicted molar refractivity (Wildman–Crippen MR) is 86.0 cm³/mol. The summed E-state index contributed by atoms with van der Waals surface area (Å²) >= 11 is 3.48. The summed E-state index contributed by atoms with van der Waals surface area (Å²) in [5.41, 5.74) is 1.07. The van der Waals surface area contributed by atoms with E-state index in [1.807, 2.05) is 17.2 Å². The maximum atomic E-state index is 12.7. The minimum absolute atomic E-state index is 0.163. The summed E-state index contributed by atoms with van der Waals surface area (Å²) in [5, 5.41) is 0. The second kappa shape index (κ2) is 5.55. The van der Waals surface area contributed by atoms with Crippen molar-refractivity contribution < 1.29 is 4.79 Å². The van der Waals surface area contributed by atoms with E-state index in [-0.39, 0.29) is 11.3 Å². The zero-order valence-corrected chi connectivity index (χ0v) is 14.7. The van der Waals surface area contributed by atoms with Gasteiger partial charge in [-0.25, -0.2) is 0 Å². The molecular formula is C16H25BrN2O. The molecule has 1 aliphatic heterocycles. The lowest BCUT2D eigenvalue weighted by Gasteiger charge is -2.27. The topological polar surface area (TPSA) is 25.2 Å². The van der Waals surface area contributed by atoms with Gasteiger partial charge < -0.3 is 9.47 Å². The van der Waals surface area contributed by atoms with E-state index >= 15 is 0 Å². The monoisotopic (exact) mass is 340 g/mol. The van der Waals surface area contributed by atoms with Crippen LogP contribution in [0.15, 0.2) is 16.7 Å². The maximum Gasteiger partial charge on any atom is 0.270 e. The van der Waals surface area contributed by atoms with Gasteiger partial charge in [0.05, 0.1) is 0 Å². The van der Waals surface area contributed by atoms with Crippen LogP contribution in [-0.2, 0) is 0 Å². The van der Waals surface area contributed by atoms with Crippen LogP contribution in [0.3, 0.4) is 0 Å². The molecule has 0 spiro atoms. The van der Waals surface area contributed by atoms with Gasteiger partial charge in [-0.3, -0.25) is 4.79 Å². The van der Waals surface area contributed by atoms with E-state index in [1.54, 1.807) is 0 Å². The Morgan fingerprint density at radius 1 is 1.40 bits per heavy atom. The number of carbonyl (C=O) groups is 1. The highest BCUT2D eigenvalue weighted by atomic mass is 79.9. The molecule has 1 atom stereocenters. The fourth-order valence-electron chi connectivity index (χ4n) is 2.86. The second-order valence-corrected chi connectivity index (χ2v) is 8.06. The number of hydrogen-bond acceptors (Lipinski definition) is 1. The highest BCUT2D eigenvalue weighted by molar-refractivity contribution is 9.10. The summed E-state index contributed by atoms with van der Waals surface area (Å²) < 4.78 is 3.03. The molecule has 1 aromatic rings. The first kappa shape index (κ1) is 15.6. The van der Waals surface area contributed by atoms with Gasteiger partial charge in [0.1, 0.15) is 5.69 Å². The van der Waals surface area contributed by atoms with Crippen LogP contribution in [0, 0.1) is 11.3 Å². The molecule has 1 unspecified atom stereocenters. The Labute approximate surface area is 130 Å². The molecule has 2 heterocycles. The van der Waals surface area contributed by atoms with Crippen molar-refractivity contribution in [1.82, 2.24) is 9.47 Å². The molecule has 0 saturated carbocycles. The van der Waals surface area contributed by atoms with E-state index in [9.17, 15) is 4.79 Å². The Bertz CT molecular complexity index is 499. The molecule has 1 aliphatic rings. The van der Waals surface area contributed by atoms with Gasteiger partial charge in [0.15, 0.2) is 0 Å². The maximum absolute atomic E-state index is 12.7. The molecule has 0 aromatic carbocycles. The van der Waals surface area contributed by atoms with E-state index in [1.165, 1.54) is 0 Å². The number of amides is 1. The van der Waals surface area contributed by atoms with Crippen LogP contribution < -0.4 is 0 Å². The van der Waals surface area contributed by atoms with Crippen LogP contribution in [-0.4, -0.2) is 28.5 Å². The van der Waals surface area contributed by atoms with Crippen LogP contribution in [0.2, 0.25) is 0 Å². The van der Waals surface area contributed by atoms with E-state index < -0.39 is 0 Å². The molecule has 1 fully saturated rings. The summed E-state index contributed by atoms with van der Waals surface area (Å²) in [4.78, 5) is 14.8. The molecule has 1 aromatic heterocycles. The van der Waals surface area contributed by atoms with Gasteiger partial charge in [-0.05, 0) is 53.6 Å². The van der Waals surface area contributed by atoms with Crippen LogP contribution >= 0.6 is 15.9 Å². The molecule has 2 rings (SSSR count). The lowest BCUT2D eigenvalue weighted by atomic mass is 9.80. The van der Waals surface area contributed by atoms with Crippen molar-refractivity contribution in [1.29, 1.82) is 0 Å². The summed E-state index contributed by atoms with van der Waals surface area (Å²) in [6.07, 6.45) is 3.11. The molecule has 3 nitrogen and oxygen atoms in total. The van der Waals surface area contributed by atoms with Crippen LogP contribution in [0.25, 0.3) is 0 Å². The van der Waals surface area contributed by atoms with Gasteiger partial charge in [0, 0.05) is 29.8 Å². The van der Waals surface area contributed by atoms with Crippen LogP contribution in [0.1, 0.15) is 57.6 Å². The summed E-state index contributed by atoms with van der Waals surface area (Å²) in [6, 6.07) is 2.23. The molecular weight excluding hydrogens is 316 g/mol. The molecule has 0 aliphatic carbocycles. The highest BCUT2D eigenvalue weighted by Gasteiger charge is 2.35. The number of nitrogens with zero attached hydrogens (tertiary/aromatic N) is 2. The van der Waals surface area contributed by atoms with Crippen molar-refractivity contribution in [2.45, 2.75) is 47.1 Å². The zero-order chi connectivity index (χ0) is 15.1. The first-order chi connectivity index (χ1) is 9.20. The van der Waals surface area contributed by atoms with Crippen molar-refractivity contribution in [3.8, 4) is 0 Å². The van der Waals surface area contributed by atoms with Crippen LogP contribution in [0.4, 0.5) is 0 Å². The fourth-order valence-corrected chi connectivity index (χ4v) is 3.30. The Balaban J connectivity index is 2.17. The number of likely N-dealkylation sites (tertiary alicyclic amines) is 1. The molecule has 4 heteroatoms. The fraction of sp³-hybridized carbons (Fsp3) is 0.688. The van der Waals surface area contributed by atoms with E-state index in [0.29, 0.717) is 12.0 Å². The molecule has 0 N–H and O–H groups in total. The first-order valence-electron chi connectivity index (χ1n) is 7.37. The zero-order valence-electron chi connectivity index (χ0n) is 13.1. The third kappa shape index (κ3) is 3.11.